The second kappa shape index (κ2) is 5.84. The highest BCUT2D eigenvalue weighted by molar-refractivity contribution is 6.32. The van der Waals surface area contributed by atoms with Gasteiger partial charge >= 0.3 is 0 Å². The van der Waals surface area contributed by atoms with Crippen LogP contribution in [-0.2, 0) is 6.54 Å². The van der Waals surface area contributed by atoms with Crippen LogP contribution in [0.15, 0.2) is 36.4 Å². The third-order valence-electron chi connectivity index (χ3n) is 3.57. The second-order valence-electron chi connectivity index (χ2n) is 4.96. The summed E-state index contributed by atoms with van der Waals surface area (Å²) in [5.41, 5.74) is 1.87. The molecule has 3 rings (SSSR count). The minimum absolute atomic E-state index is 0.109. The minimum Gasteiger partial charge on any atom is -0.506 e. The Balaban J connectivity index is 1.69. The molecule has 21 heavy (non-hydrogen) atoms. The van der Waals surface area contributed by atoms with Crippen molar-refractivity contribution in [1.82, 2.24) is 5.32 Å². The topological polar surface area (TPSA) is 50.7 Å². The molecular formula is C16H16ClNO3. The molecule has 1 heterocycles. The maximum atomic E-state index is 9.90. The summed E-state index contributed by atoms with van der Waals surface area (Å²) < 4.78 is 10.7. The Morgan fingerprint density at radius 1 is 1.24 bits per heavy atom. The van der Waals surface area contributed by atoms with E-state index in [4.69, 9.17) is 21.1 Å². The van der Waals surface area contributed by atoms with Crippen molar-refractivity contribution in [3.05, 3.63) is 52.5 Å². The predicted molar refractivity (Wildman–Crippen MR) is 80.9 cm³/mol. The molecule has 0 bridgehead atoms. The first-order chi connectivity index (χ1) is 10.1. The molecule has 2 aromatic carbocycles. The normalized spacial score (nSPS) is 14.2. The predicted octanol–water partition coefficient (Wildman–Crippen LogP) is 3.63. The summed E-state index contributed by atoms with van der Waals surface area (Å²) in [6.45, 7) is 2.86. The molecule has 1 unspecified atom stereocenters. The van der Waals surface area contributed by atoms with Crippen LogP contribution in [0.25, 0.3) is 0 Å². The maximum absolute atomic E-state index is 9.90. The lowest BCUT2D eigenvalue weighted by molar-refractivity contribution is 0.174. The van der Waals surface area contributed by atoms with Crippen LogP contribution in [0.4, 0.5) is 0 Å². The number of ether oxygens (including phenoxy) is 2. The summed E-state index contributed by atoms with van der Waals surface area (Å²) in [5.74, 6) is 1.68. The monoisotopic (exact) mass is 305 g/mol. The smallest absolute Gasteiger partial charge is 0.231 e. The van der Waals surface area contributed by atoms with E-state index in [1.165, 1.54) is 0 Å². The number of rotatable bonds is 4. The van der Waals surface area contributed by atoms with Gasteiger partial charge in [0.05, 0.1) is 5.02 Å². The standard InChI is InChI=1S/C16H16ClNO3/c1-10(11-5-6-14-15(7-11)21-9-20-14)18-8-12-3-2-4-13(17)16(12)19/h2-7,10,18-19H,8-9H2,1H3. The van der Waals surface area contributed by atoms with Crippen molar-refractivity contribution in [1.29, 1.82) is 0 Å². The number of phenolic OH excluding ortho intramolecular Hbond substituents is 1. The molecule has 0 aromatic heterocycles. The fourth-order valence-corrected chi connectivity index (χ4v) is 2.46. The van der Waals surface area contributed by atoms with E-state index in [1.54, 1.807) is 6.07 Å². The number of phenols is 1. The Kier molecular flexibility index (Phi) is 3.90. The third-order valence-corrected chi connectivity index (χ3v) is 3.87. The van der Waals surface area contributed by atoms with Crippen LogP contribution in [0.3, 0.4) is 0 Å². The van der Waals surface area contributed by atoms with Crippen molar-refractivity contribution in [2.24, 2.45) is 0 Å². The molecule has 0 saturated carbocycles. The van der Waals surface area contributed by atoms with Gasteiger partial charge in [-0.25, -0.2) is 0 Å². The van der Waals surface area contributed by atoms with E-state index in [-0.39, 0.29) is 18.6 Å². The Morgan fingerprint density at radius 3 is 2.90 bits per heavy atom. The minimum atomic E-state index is 0.109. The number of hydrogen-bond acceptors (Lipinski definition) is 4. The summed E-state index contributed by atoms with van der Waals surface area (Å²) in [4.78, 5) is 0. The number of benzene rings is 2. The summed E-state index contributed by atoms with van der Waals surface area (Å²) >= 11 is 5.90. The number of fused-ring (bicyclic) bond motifs is 1. The molecule has 5 heteroatoms. The molecule has 2 N–H and O–H groups in total. The number of para-hydroxylation sites is 1. The van der Waals surface area contributed by atoms with Crippen molar-refractivity contribution >= 4 is 11.6 Å². The maximum Gasteiger partial charge on any atom is 0.231 e. The Bertz CT molecular complexity index is 660. The Labute approximate surface area is 128 Å². The van der Waals surface area contributed by atoms with E-state index in [2.05, 4.69) is 12.2 Å². The van der Waals surface area contributed by atoms with Gasteiger partial charge in [0, 0.05) is 18.2 Å². The average molecular weight is 306 g/mol. The van der Waals surface area contributed by atoms with Gasteiger partial charge in [-0.3, -0.25) is 0 Å². The molecule has 0 spiro atoms. The largest absolute Gasteiger partial charge is 0.506 e. The fraction of sp³-hybridized carbons (Fsp3) is 0.250. The van der Waals surface area contributed by atoms with E-state index in [0.29, 0.717) is 11.6 Å². The van der Waals surface area contributed by atoms with Gasteiger partial charge in [-0.15, -0.1) is 0 Å². The molecule has 0 fully saturated rings. The van der Waals surface area contributed by atoms with Gasteiger partial charge < -0.3 is 19.9 Å². The first-order valence-electron chi connectivity index (χ1n) is 6.74. The van der Waals surface area contributed by atoms with Crippen LogP contribution in [0.1, 0.15) is 24.1 Å². The molecule has 0 amide bonds. The van der Waals surface area contributed by atoms with Crippen LogP contribution in [0, 0.1) is 0 Å². The zero-order chi connectivity index (χ0) is 14.8. The SMILES string of the molecule is CC(NCc1cccc(Cl)c1O)c1ccc2c(c1)OCO2. The zero-order valence-corrected chi connectivity index (χ0v) is 12.4. The molecule has 1 aliphatic rings. The number of nitrogens with one attached hydrogen (secondary N) is 1. The van der Waals surface area contributed by atoms with E-state index >= 15 is 0 Å². The third kappa shape index (κ3) is 2.91. The Morgan fingerprint density at radius 2 is 2.05 bits per heavy atom. The van der Waals surface area contributed by atoms with Gasteiger partial charge in [0.15, 0.2) is 11.5 Å². The van der Waals surface area contributed by atoms with Crippen LogP contribution < -0.4 is 14.8 Å². The summed E-state index contributed by atoms with van der Waals surface area (Å²) in [6, 6.07) is 11.3. The van der Waals surface area contributed by atoms with Crippen LogP contribution >= 0.6 is 11.6 Å². The van der Waals surface area contributed by atoms with Crippen LogP contribution in [-0.4, -0.2) is 11.9 Å². The van der Waals surface area contributed by atoms with Crippen LogP contribution in [0.2, 0.25) is 5.02 Å². The lowest BCUT2D eigenvalue weighted by Crippen LogP contribution is -2.18. The summed E-state index contributed by atoms with van der Waals surface area (Å²) in [6.07, 6.45) is 0. The molecule has 0 saturated heterocycles. The molecule has 4 nitrogen and oxygen atoms in total. The highest BCUT2D eigenvalue weighted by Crippen LogP contribution is 2.34. The molecule has 0 radical (unpaired) electrons. The number of aromatic hydroxyl groups is 1. The van der Waals surface area contributed by atoms with Crippen molar-refractivity contribution in [2.45, 2.75) is 19.5 Å². The van der Waals surface area contributed by atoms with Gasteiger partial charge in [-0.1, -0.05) is 29.8 Å². The van der Waals surface area contributed by atoms with E-state index < -0.39 is 0 Å². The molecular weight excluding hydrogens is 290 g/mol. The molecule has 1 atom stereocenters. The molecule has 0 aliphatic carbocycles. The lowest BCUT2D eigenvalue weighted by Gasteiger charge is -2.15. The van der Waals surface area contributed by atoms with E-state index in [0.717, 1.165) is 22.6 Å². The first kappa shape index (κ1) is 14.0. The van der Waals surface area contributed by atoms with Gasteiger partial charge in [0.25, 0.3) is 0 Å². The average Bonchev–Trinajstić information content (AvgIpc) is 2.96. The van der Waals surface area contributed by atoms with E-state index in [1.807, 2.05) is 30.3 Å². The summed E-state index contributed by atoms with van der Waals surface area (Å²) in [5, 5.41) is 13.6. The van der Waals surface area contributed by atoms with Crippen molar-refractivity contribution in [2.75, 3.05) is 6.79 Å². The highest BCUT2D eigenvalue weighted by Gasteiger charge is 2.16. The zero-order valence-electron chi connectivity index (χ0n) is 11.6. The number of hydrogen-bond donors (Lipinski definition) is 2. The van der Waals surface area contributed by atoms with Crippen molar-refractivity contribution in [3.8, 4) is 17.2 Å². The molecule has 1 aliphatic heterocycles. The quantitative estimate of drug-likeness (QED) is 0.906. The second-order valence-corrected chi connectivity index (χ2v) is 5.37. The molecule has 110 valence electrons. The first-order valence-corrected chi connectivity index (χ1v) is 7.12. The highest BCUT2D eigenvalue weighted by atomic mass is 35.5. The lowest BCUT2D eigenvalue weighted by atomic mass is 10.1. The van der Waals surface area contributed by atoms with Crippen LogP contribution in [0.5, 0.6) is 17.2 Å². The fourth-order valence-electron chi connectivity index (χ4n) is 2.27. The molecule has 2 aromatic rings. The number of halogens is 1. The van der Waals surface area contributed by atoms with Gasteiger partial charge in [-0.2, -0.15) is 0 Å². The van der Waals surface area contributed by atoms with Gasteiger partial charge in [0.2, 0.25) is 6.79 Å². The Hall–Kier alpha value is -1.91. The van der Waals surface area contributed by atoms with Crippen molar-refractivity contribution in [3.63, 3.8) is 0 Å². The van der Waals surface area contributed by atoms with E-state index in [9.17, 15) is 5.11 Å². The van der Waals surface area contributed by atoms with Crippen molar-refractivity contribution < 1.29 is 14.6 Å². The summed E-state index contributed by atoms with van der Waals surface area (Å²) in [7, 11) is 0. The van der Waals surface area contributed by atoms with Gasteiger partial charge in [0.1, 0.15) is 5.75 Å². The van der Waals surface area contributed by atoms with Gasteiger partial charge in [-0.05, 0) is 30.7 Å².